The van der Waals surface area contributed by atoms with Crippen molar-refractivity contribution < 1.29 is 68.2 Å². The fraction of sp³-hybridized carbons (Fsp3) is 0.217. The molecular formula is C92H86N4OSi. The molecule has 98 heavy (non-hydrogen) atoms. The lowest BCUT2D eigenvalue weighted by Gasteiger charge is -2.42. The summed E-state index contributed by atoms with van der Waals surface area (Å²) >= 11 is 0. The number of nitrogens with zero attached hydrogens (tertiary/aromatic N) is 4. The monoisotopic (exact) mass is 1330 g/mol. The molecule has 2 aliphatic carbocycles. The van der Waals surface area contributed by atoms with E-state index >= 15 is 0 Å². The maximum absolute atomic E-state index is 10.6. The molecule has 3 aromatic heterocycles. The molecule has 0 radical (unpaired) electrons. The summed E-state index contributed by atoms with van der Waals surface area (Å²) in [5, 5.41) is 5.87. The van der Waals surface area contributed by atoms with Crippen LogP contribution in [0, 0.1) is 6.33 Å². The van der Waals surface area contributed by atoms with E-state index < -0.39 is 243 Å². The van der Waals surface area contributed by atoms with Gasteiger partial charge < -0.3 is 4.74 Å². The molecule has 0 unspecified atom stereocenters. The molecule has 16 rings (SSSR count). The maximum Gasteiger partial charge on any atom is 0.269 e. The van der Waals surface area contributed by atoms with Crippen molar-refractivity contribution in [1.82, 2.24) is 14.1 Å². The van der Waals surface area contributed by atoms with Gasteiger partial charge in [-0.05, 0) is 189 Å². The topological polar surface area (TPSA) is 35.9 Å². The Kier molecular flexibility index (Phi) is 7.49. The number of imidazole rings is 1. The van der Waals surface area contributed by atoms with Crippen molar-refractivity contribution in [3.05, 3.63) is 307 Å². The second kappa shape index (κ2) is 23.6. The van der Waals surface area contributed by atoms with Crippen LogP contribution in [0.5, 0.6) is 11.5 Å². The van der Waals surface area contributed by atoms with Crippen molar-refractivity contribution in [2.75, 3.05) is 0 Å². The van der Waals surface area contributed by atoms with E-state index in [0.29, 0.717) is 11.3 Å². The predicted molar refractivity (Wildman–Crippen MR) is 411 cm³/mol. The van der Waals surface area contributed by atoms with E-state index in [0.717, 1.165) is 82.1 Å². The summed E-state index contributed by atoms with van der Waals surface area (Å²) in [5.41, 5.74) is -32.7. The van der Waals surface area contributed by atoms with Gasteiger partial charge in [0, 0.05) is 66.9 Å². The molecule has 0 atom stereocenters. The minimum atomic E-state index is -4.95. The largest absolute Gasteiger partial charge is 0.458 e. The molecule has 0 N–H and O–H groups in total. The molecular weight excluding hydrogens is 1210 g/mol. The van der Waals surface area contributed by atoms with Gasteiger partial charge in [-0.1, -0.05) is 282 Å². The summed E-state index contributed by atoms with van der Waals surface area (Å²) < 4.78 is 415. The first kappa shape index (κ1) is 31.2. The Hall–Kier alpha value is -10.1. The second-order valence-electron chi connectivity index (χ2n) is 25.5. The highest BCUT2D eigenvalue weighted by atomic mass is 28.3. The van der Waals surface area contributed by atoms with E-state index in [-0.39, 0.29) is 28.3 Å². The lowest BCUT2D eigenvalue weighted by Crippen LogP contribution is -2.74. The highest BCUT2D eigenvalue weighted by Gasteiger charge is 2.43. The van der Waals surface area contributed by atoms with Crippen LogP contribution in [0.2, 0.25) is 0 Å². The van der Waals surface area contributed by atoms with E-state index in [1.165, 1.54) is 30.3 Å². The third-order valence-corrected chi connectivity index (χ3v) is 23.0. The lowest BCUT2D eigenvalue weighted by atomic mass is 9.62. The highest BCUT2D eigenvalue weighted by molar-refractivity contribution is 7.20. The fourth-order valence-electron chi connectivity index (χ4n) is 13.5. The van der Waals surface area contributed by atoms with Gasteiger partial charge in [-0.2, -0.15) is 0 Å². The average molecular weight is 1340 g/mol. The number of ether oxygens (including phenoxy) is 1. The van der Waals surface area contributed by atoms with Gasteiger partial charge in [-0.3, -0.25) is 13.7 Å². The Labute approximate surface area is 640 Å². The van der Waals surface area contributed by atoms with Gasteiger partial charge in [-0.25, -0.2) is 4.98 Å². The molecule has 0 amide bonds. The summed E-state index contributed by atoms with van der Waals surface area (Å²) in [4.78, 5) is 4.99. The van der Waals surface area contributed by atoms with Crippen LogP contribution in [0.4, 0.5) is 0 Å². The Morgan fingerprint density at radius 3 is 1.63 bits per heavy atom. The van der Waals surface area contributed by atoms with Crippen LogP contribution >= 0.6 is 0 Å². The van der Waals surface area contributed by atoms with Crippen molar-refractivity contribution >= 4 is 61.7 Å². The van der Waals surface area contributed by atoms with Gasteiger partial charge in [0.15, 0.2) is 8.07 Å². The van der Waals surface area contributed by atoms with Crippen molar-refractivity contribution in [3.63, 3.8) is 0 Å². The van der Waals surface area contributed by atoms with E-state index in [1.807, 2.05) is 77.4 Å². The molecule has 0 fully saturated rings. The second-order valence-corrected chi connectivity index (χ2v) is 29.3. The minimum absolute atomic E-state index is 0.0222. The zero-order chi connectivity index (χ0) is 104. The molecule has 0 saturated heterocycles. The van der Waals surface area contributed by atoms with Crippen molar-refractivity contribution in [1.29, 1.82) is 0 Å². The molecule has 11 aromatic carbocycles. The molecule has 0 aliphatic heterocycles. The number of benzene rings is 11. The number of hydrogen-bond donors (Lipinski definition) is 0. The fourth-order valence-corrected chi connectivity index (χ4v) is 18.2. The van der Waals surface area contributed by atoms with Gasteiger partial charge >= 0.3 is 0 Å². The first-order valence-corrected chi connectivity index (χ1v) is 33.4. The minimum Gasteiger partial charge on any atom is -0.458 e. The van der Waals surface area contributed by atoms with E-state index in [2.05, 4.69) is 81.7 Å². The summed E-state index contributed by atoms with van der Waals surface area (Å²) in [5.74, 6) is 0.665. The van der Waals surface area contributed by atoms with Crippen molar-refractivity contribution in [3.8, 4) is 62.1 Å². The zero-order valence-corrected chi connectivity index (χ0v) is 53.8. The standard InChI is InChI=1S/C92H86N4OSi/c1-88(2,3)66-48-53-93-86(57-66)96-82-47-42-73(98(70-30-18-13-19-31-70,71-32-20-14-21-33-71)72-34-22-15-23-35-72)60-77(82)76-43-41-69(59-84(76)96)97-68-29-24-28-67(58-68)94-61-95(83-46-40-63(56-85(83)94)62-26-16-12-17-27-62)87-74(64-38-44-78-80(54-64)91(8,9)51-49-89(78,4)5)36-25-37-75(87)65-39-45-79-81(55-65)92(10,11)52-50-90(79,6)7/h12-48,53-60H,49-52H2,1-11H3/i4D3,5D3,6D3,7D3,8D3,9D3,10D3,11D3,12D,16D,17D,26D,27D,38D,39D,44D,45D,49D2,50D2,51D2,52D2,54D,55D. The van der Waals surface area contributed by atoms with Crippen LogP contribution in [0.25, 0.3) is 83.4 Å². The summed E-state index contributed by atoms with van der Waals surface area (Å²) in [6.45, 7) is -31.0. The van der Waals surface area contributed by atoms with Crippen LogP contribution in [-0.2, 0) is 27.1 Å². The molecule has 0 spiro atoms. The third-order valence-electron chi connectivity index (χ3n) is 18.2. The number of rotatable bonds is 12. The third kappa shape index (κ3) is 10.7. The molecule has 2 aliphatic rings. The normalized spacial score (nSPS) is 24.9. The number of para-hydroxylation sites is 1. The zero-order valence-electron chi connectivity index (χ0n) is 95.8. The molecule has 14 aromatic rings. The van der Waals surface area contributed by atoms with Gasteiger partial charge in [0.1, 0.15) is 17.3 Å². The summed E-state index contributed by atoms with van der Waals surface area (Å²) in [7, 11) is -3.22. The van der Waals surface area contributed by atoms with Crippen LogP contribution < -0.4 is 30.1 Å². The highest BCUT2D eigenvalue weighted by Crippen LogP contribution is 2.50. The van der Waals surface area contributed by atoms with Crippen molar-refractivity contribution in [2.45, 2.75) is 128 Å². The molecule has 0 bridgehead atoms. The van der Waals surface area contributed by atoms with Crippen LogP contribution in [0.1, 0.15) is 188 Å². The molecule has 3 heterocycles. The predicted octanol–water partition coefficient (Wildman–Crippen LogP) is 20.4. The lowest BCUT2D eigenvalue weighted by molar-refractivity contribution is -0.571. The van der Waals surface area contributed by atoms with Gasteiger partial charge in [0.05, 0.1) is 48.5 Å². The smallest absolute Gasteiger partial charge is 0.269 e. The first-order chi connectivity index (χ1) is 64.8. The maximum atomic E-state index is 10.6. The van der Waals surface area contributed by atoms with Crippen LogP contribution in [0.15, 0.2) is 273 Å². The summed E-state index contributed by atoms with van der Waals surface area (Å²) in [6, 6.07) is 43.1. The Balaban J connectivity index is 1.05. The molecule has 0 saturated carbocycles. The van der Waals surface area contributed by atoms with E-state index in [4.69, 9.17) is 30.3 Å². The molecule has 484 valence electrons. The Morgan fingerprint density at radius 1 is 0.480 bits per heavy atom. The van der Waals surface area contributed by atoms with Gasteiger partial charge in [0.2, 0.25) is 0 Å². The molecule has 5 nitrogen and oxygen atoms in total. The quantitative estimate of drug-likeness (QED) is 0.0529. The number of aromatic nitrogens is 4. The first-order valence-electron chi connectivity index (χ1n) is 52.9. The van der Waals surface area contributed by atoms with E-state index in [9.17, 15) is 38.4 Å². The van der Waals surface area contributed by atoms with Crippen LogP contribution in [0.3, 0.4) is 0 Å². The Morgan fingerprint density at radius 2 is 1.05 bits per heavy atom. The Bertz CT molecular complexity index is 7100. The summed E-state index contributed by atoms with van der Waals surface area (Å²) in [6.07, 6.45) is -14.9. The number of fused-ring (bicyclic) bond motifs is 6. The molecule has 6 heteroatoms. The number of pyridine rings is 1. The van der Waals surface area contributed by atoms with Gasteiger partial charge in [0.25, 0.3) is 6.33 Å². The number of hydrogen-bond acceptors (Lipinski definition) is 2. The van der Waals surface area contributed by atoms with Gasteiger partial charge in [-0.15, -0.1) is 0 Å². The van der Waals surface area contributed by atoms with E-state index in [1.54, 1.807) is 18.3 Å². The van der Waals surface area contributed by atoms with Crippen molar-refractivity contribution in [2.24, 2.45) is 0 Å². The average Bonchev–Trinajstić information content (AvgIpc) is 0.946. The SMILES string of the molecule is [2H]c1c([2H])c([2H])c(-c2ccc3c(c2)n(-c2cccc(Oc4ccc5c6cc([Si](c7ccccc7)(c7ccccc7)c7ccccc7)ccc6n(-c6cc(C(C)(C)C)ccn6)c5c4)c2)[c-][n+]3-c2c(-c3c([2H])c([2H])c4c(c3[2H])C(C([2H])([2H])[2H])(C([2H])([2H])[2H])C([2H])([2H])C([2H])([2H])C4(C([2H])([2H])[2H])C([2H])([2H])[2H])cccc2-c2c([2H])c([2H])c3c(c2[2H])C(C([2H])([2H])[2H])(C([2H])([2H])[2H])C([2H])([2H])C([2H])([2H])C3(C([2H])([2H])[2H])C([2H])([2H])[2H])c([2H])c1[2H]. The van der Waals surface area contributed by atoms with Crippen LogP contribution in [-0.4, -0.2) is 22.2 Å².